The molecule has 0 amide bonds. The van der Waals surface area contributed by atoms with Crippen LogP contribution in [-0.4, -0.2) is 29.0 Å². The number of carboxylic acid groups (broad SMARTS) is 1. The molecular weight excluding hydrogens is 170 g/mol. The average Bonchev–Trinajstić information content (AvgIpc) is 2.26. The van der Waals surface area contributed by atoms with Crippen LogP contribution in [0.4, 0.5) is 0 Å². The van der Waals surface area contributed by atoms with Crippen LogP contribution in [0.5, 0.6) is 0 Å². The van der Waals surface area contributed by atoms with E-state index in [4.69, 9.17) is 10.2 Å². The molecule has 0 bridgehead atoms. The third kappa shape index (κ3) is 2.39. The fourth-order valence-corrected chi connectivity index (χ4v) is 1.40. The summed E-state index contributed by atoms with van der Waals surface area (Å²) in [7, 11) is 0. The van der Waals surface area contributed by atoms with Gasteiger partial charge in [-0.3, -0.25) is 4.99 Å². The lowest BCUT2D eigenvalue weighted by Gasteiger charge is -2.13. The molecule has 2 unspecified atom stereocenters. The second kappa shape index (κ2) is 4.18. The van der Waals surface area contributed by atoms with Gasteiger partial charge < -0.3 is 10.2 Å². The van der Waals surface area contributed by atoms with E-state index in [0.717, 1.165) is 0 Å². The summed E-state index contributed by atoms with van der Waals surface area (Å²) in [6, 6.07) is 0. The third-order valence-corrected chi connectivity index (χ3v) is 2.18. The van der Waals surface area contributed by atoms with Gasteiger partial charge in [-0.15, -0.1) is 0 Å². The van der Waals surface area contributed by atoms with E-state index in [1.54, 1.807) is 6.21 Å². The standard InChI is InChI=1S/C9H13NO3/c1-6-2-7(5-11)3-10-4-8(6)9(12)13/h3-4,6-7,11H,2,5H2,1H3,(H,12,13). The largest absolute Gasteiger partial charge is 0.478 e. The molecule has 2 atom stereocenters. The Kier molecular flexibility index (Phi) is 3.19. The van der Waals surface area contributed by atoms with Crippen molar-refractivity contribution in [3.63, 3.8) is 0 Å². The summed E-state index contributed by atoms with van der Waals surface area (Å²) in [5.74, 6) is -1.01. The molecule has 0 aliphatic carbocycles. The average molecular weight is 183 g/mol. The highest BCUT2D eigenvalue weighted by Crippen LogP contribution is 2.21. The Morgan fingerprint density at radius 1 is 1.77 bits per heavy atom. The van der Waals surface area contributed by atoms with Crippen molar-refractivity contribution in [3.8, 4) is 0 Å². The van der Waals surface area contributed by atoms with Gasteiger partial charge in [-0.2, -0.15) is 0 Å². The highest BCUT2D eigenvalue weighted by atomic mass is 16.4. The van der Waals surface area contributed by atoms with Gasteiger partial charge in [0, 0.05) is 18.3 Å². The minimum Gasteiger partial charge on any atom is -0.478 e. The number of aliphatic carboxylic acids is 1. The van der Waals surface area contributed by atoms with Gasteiger partial charge in [0.1, 0.15) is 0 Å². The number of aliphatic imine (C=N–C) groups is 1. The highest BCUT2D eigenvalue weighted by Gasteiger charge is 2.21. The Bertz CT molecular complexity index is 258. The SMILES string of the molecule is CC1CC(CO)C=NC=C1C(=O)O. The van der Waals surface area contributed by atoms with E-state index in [1.807, 2.05) is 6.92 Å². The van der Waals surface area contributed by atoms with Gasteiger partial charge >= 0.3 is 5.97 Å². The quantitative estimate of drug-likeness (QED) is 0.661. The predicted molar refractivity (Wildman–Crippen MR) is 48.6 cm³/mol. The summed E-state index contributed by atoms with van der Waals surface area (Å²) in [6.45, 7) is 1.85. The monoisotopic (exact) mass is 183 g/mol. The van der Waals surface area contributed by atoms with E-state index in [9.17, 15) is 4.79 Å². The number of carboxylic acids is 1. The van der Waals surface area contributed by atoms with E-state index in [2.05, 4.69) is 4.99 Å². The maximum atomic E-state index is 10.7. The van der Waals surface area contributed by atoms with Crippen molar-refractivity contribution >= 4 is 12.2 Å². The minimum atomic E-state index is -0.928. The first kappa shape index (κ1) is 9.92. The van der Waals surface area contributed by atoms with Crippen LogP contribution < -0.4 is 0 Å². The van der Waals surface area contributed by atoms with Crippen LogP contribution in [0, 0.1) is 11.8 Å². The molecule has 0 aromatic rings. The molecular formula is C9H13NO3. The van der Waals surface area contributed by atoms with Crippen LogP contribution in [0.1, 0.15) is 13.3 Å². The Morgan fingerprint density at radius 2 is 2.46 bits per heavy atom. The van der Waals surface area contributed by atoms with Crippen LogP contribution in [0.3, 0.4) is 0 Å². The molecule has 0 aromatic carbocycles. The summed E-state index contributed by atoms with van der Waals surface area (Å²) in [4.78, 5) is 14.6. The smallest absolute Gasteiger partial charge is 0.333 e. The van der Waals surface area contributed by atoms with Crippen LogP contribution in [-0.2, 0) is 4.79 Å². The maximum absolute atomic E-state index is 10.7. The van der Waals surface area contributed by atoms with Crippen LogP contribution >= 0.6 is 0 Å². The molecule has 13 heavy (non-hydrogen) atoms. The molecule has 0 saturated carbocycles. The third-order valence-electron chi connectivity index (χ3n) is 2.18. The number of carbonyl (C=O) groups is 1. The number of nitrogens with zero attached hydrogens (tertiary/aromatic N) is 1. The lowest BCUT2D eigenvalue weighted by atomic mass is 9.92. The van der Waals surface area contributed by atoms with Crippen molar-refractivity contribution in [3.05, 3.63) is 11.8 Å². The zero-order valence-electron chi connectivity index (χ0n) is 7.47. The topological polar surface area (TPSA) is 69.9 Å². The summed E-state index contributed by atoms with van der Waals surface area (Å²) in [5, 5.41) is 17.7. The summed E-state index contributed by atoms with van der Waals surface area (Å²) >= 11 is 0. The normalized spacial score (nSPS) is 28.0. The van der Waals surface area contributed by atoms with Crippen molar-refractivity contribution in [1.29, 1.82) is 0 Å². The molecule has 1 rings (SSSR count). The second-order valence-corrected chi connectivity index (χ2v) is 3.27. The van der Waals surface area contributed by atoms with Gasteiger partial charge in [0.05, 0.1) is 12.2 Å². The molecule has 0 aromatic heterocycles. The van der Waals surface area contributed by atoms with E-state index in [-0.39, 0.29) is 18.4 Å². The molecule has 1 aliphatic rings. The van der Waals surface area contributed by atoms with Crippen molar-refractivity contribution in [2.75, 3.05) is 6.61 Å². The van der Waals surface area contributed by atoms with Crippen molar-refractivity contribution in [2.24, 2.45) is 16.8 Å². The summed E-state index contributed by atoms with van der Waals surface area (Å²) < 4.78 is 0. The van der Waals surface area contributed by atoms with Gasteiger partial charge in [-0.25, -0.2) is 4.79 Å². The van der Waals surface area contributed by atoms with Crippen LogP contribution in [0.15, 0.2) is 16.8 Å². The first-order chi connectivity index (χ1) is 6.15. The zero-order valence-corrected chi connectivity index (χ0v) is 7.47. The molecule has 1 heterocycles. The molecule has 4 nitrogen and oxygen atoms in total. The Morgan fingerprint density at radius 3 is 3.00 bits per heavy atom. The second-order valence-electron chi connectivity index (χ2n) is 3.27. The molecule has 4 heteroatoms. The summed E-state index contributed by atoms with van der Waals surface area (Å²) in [6.07, 6.45) is 3.60. The number of hydrogen-bond acceptors (Lipinski definition) is 3. The first-order valence-electron chi connectivity index (χ1n) is 4.22. The number of hydrogen-bond donors (Lipinski definition) is 2. The van der Waals surface area contributed by atoms with Crippen molar-refractivity contribution in [2.45, 2.75) is 13.3 Å². The molecule has 0 saturated heterocycles. The van der Waals surface area contributed by atoms with Gasteiger partial charge in [-0.05, 0) is 12.3 Å². The minimum absolute atomic E-state index is 0.0224. The number of aliphatic hydroxyl groups is 1. The molecule has 2 N–H and O–H groups in total. The van der Waals surface area contributed by atoms with E-state index >= 15 is 0 Å². The zero-order chi connectivity index (χ0) is 9.84. The molecule has 1 aliphatic heterocycles. The fourth-order valence-electron chi connectivity index (χ4n) is 1.40. The highest BCUT2D eigenvalue weighted by molar-refractivity contribution is 5.87. The van der Waals surface area contributed by atoms with Gasteiger partial charge in [0.15, 0.2) is 0 Å². The summed E-state index contributed by atoms with van der Waals surface area (Å²) in [5.41, 5.74) is 0.312. The lowest BCUT2D eigenvalue weighted by molar-refractivity contribution is -0.133. The fraction of sp³-hybridized carbons (Fsp3) is 0.556. The Labute approximate surface area is 76.6 Å². The Balaban J connectivity index is 2.77. The predicted octanol–water partition coefficient (Wildman–Crippen LogP) is 0.674. The van der Waals surface area contributed by atoms with E-state index in [1.165, 1.54) is 6.20 Å². The van der Waals surface area contributed by atoms with Crippen molar-refractivity contribution < 1.29 is 15.0 Å². The number of aliphatic hydroxyl groups excluding tert-OH is 1. The lowest BCUT2D eigenvalue weighted by Crippen LogP contribution is -2.15. The van der Waals surface area contributed by atoms with Gasteiger partial charge in [0.25, 0.3) is 0 Å². The van der Waals surface area contributed by atoms with Crippen LogP contribution in [0.25, 0.3) is 0 Å². The molecule has 0 spiro atoms. The number of rotatable bonds is 2. The van der Waals surface area contributed by atoms with Gasteiger partial charge in [0.2, 0.25) is 0 Å². The molecule has 72 valence electrons. The Hall–Kier alpha value is -1.16. The van der Waals surface area contributed by atoms with Gasteiger partial charge in [-0.1, -0.05) is 6.92 Å². The molecule has 0 radical (unpaired) electrons. The van der Waals surface area contributed by atoms with E-state index in [0.29, 0.717) is 12.0 Å². The van der Waals surface area contributed by atoms with E-state index < -0.39 is 5.97 Å². The maximum Gasteiger partial charge on any atom is 0.333 e. The first-order valence-corrected chi connectivity index (χ1v) is 4.22. The molecule has 0 fully saturated rings. The van der Waals surface area contributed by atoms with Crippen LogP contribution in [0.2, 0.25) is 0 Å². The van der Waals surface area contributed by atoms with Crippen molar-refractivity contribution in [1.82, 2.24) is 0 Å².